The highest BCUT2D eigenvalue weighted by Crippen LogP contribution is 2.37. The van der Waals surface area contributed by atoms with Crippen LogP contribution in [0.15, 0.2) is 48.5 Å². The van der Waals surface area contributed by atoms with Crippen LogP contribution in [0.5, 0.6) is 5.75 Å². The van der Waals surface area contributed by atoms with E-state index in [1.54, 1.807) is 12.1 Å². The summed E-state index contributed by atoms with van der Waals surface area (Å²) in [5.41, 5.74) is 2.55. The number of rotatable bonds is 4. The molecular formula is C17H18ClNO. The van der Waals surface area contributed by atoms with Gasteiger partial charge in [-0.05, 0) is 54.2 Å². The first-order valence-corrected chi connectivity index (χ1v) is 7.35. The smallest absolute Gasteiger partial charge is 0.115 e. The van der Waals surface area contributed by atoms with Gasteiger partial charge in [0.05, 0.1) is 0 Å². The summed E-state index contributed by atoms with van der Waals surface area (Å²) >= 11 is 6.02. The van der Waals surface area contributed by atoms with E-state index < -0.39 is 0 Å². The van der Waals surface area contributed by atoms with E-state index in [4.69, 9.17) is 11.6 Å². The van der Waals surface area contributed by atoms with E-state index in [2.05, 4.69) is 17.4 Å². The lowest BCUT2D eigenvalue weighted by atomic mass is 9.76. The van der Waals surface area contributed by atoms with Gasteiger partial charge in [-0.3, -0.25) is 0 Å². The van der Waals surface area contributed by atoms with Crippen molar-refractivity contribution in [1.29, 1.82) is 0 Å². The Balaban J connectivity index is 1.48. The number of nitrogens with one attached hydrogen (secondary N) is 1. The van der Waals surface area contributed by atoms with E-state index in [9.17, 15) is 5.11 Å². The molecule has 0 aliphatic heterocycles. The Kier molecular flexibility index (Phi) is 3.95. The van der Waals surface area contributed by atoms with Crippen LogP contribution in [0.3, 0.4) is 0 Å². The molecule has 0 radical (unpaired) electrons. The van der Waals surface area contributed by atoms with Gasteiger partial charge in [0.25, 0.3) is 0 Å². The lowest BCUT2D eigenvalue weighted by molar-refractivity contribution is 0.289. The normalized spacial score (nSPS) is 21.4. The van der Waals surface area contributed by atoms with Crippen LogP contribution in [0, 0.1) is 0 Å². The monoisotopic (exact) mass is 287 g/mol. The van der Waals surface area contributed by atoms with E-state index in [-0.39, 0.29) is 0 Å². The van der Waals surface area contributed by atoms with Crippen molar-refractivity contribution in [2.75, 3.05) is 0 Å². The fourth-order valence-corrected chi connectivity index (χ4v) is 2.89. The zero-order chi connectivity index (χ0) is 13.9. The molecule has 1 saturated carbocycles. The Bertz CT molecular complexity index is 576. The van der Waals surface area contributed by atoms with E-state index >= 15 is 0 Å². The fourth-order valence-electron chi connectivity index (χ4n) is 2.69. The summed E-state index contributed by atoms with van der Waals surface area (Å²) in [4.78, 5) is 0. The maximum absolute atomic E-state index is 9.24. The molecular weight excluding hydrogens is 270 g/mol. The highest BCUT2D eigenvalue weighted by atomic mass is 35.5. The van der Waals surface area contributed by atoms with Gasteiger partial charge in [-0.25, -0.2) is 0 Å². The molecule has 0 unspecified atom stereocenters. The summed E-state index contributed by atoms with van der Waals surface area (Å²) in [6, 6.07) is 16.1. The lowest BCUT2D eigenvalue weighted by Crippen LogP contribution is -2.39. The molecule has 0 saturated heterocycles. The first-order chi connectivity index (χ1) is 9.70. The lowest BCUT2D eigenvalue weighted by Gasteiger charge is -2.36. The number of phenols is 1. The highest BCUT2D eigenvalue weighted by molar-refractivity contribution is 6.30. The molecule has 20 heavy (non-hydrogen) atoms. The summed E-state index contributed by atoms with van der Waals surface area (Å²) in [5, 5.41) is 13.6. The predicted octanol–water partition coefficient (Wildman–Crippen LogP) is 4.08. The van der Waals surface area contributed by atoms with Gasteiger partial charge in [0.1, 0.15) is 5.75 Å². The standard InChI is InChI=1S/C17H18ClNO/c18-15-3-1-2-13(8-15)14-9-16(10-14)19-11-12-4-6-17(20)7-5-12/h1-8,14,16,19-20H,9-11H2. The molecule has 0 aromatic heterocycles. The molecule has 2 aromatic rings. The van der Waals surface area contributed by atoms with E-state index in [1.165, 1.54) is 24.0 Å². The Labute approximate surface area is 124 Å². The van der Waals surface area contributed by atoms with Crippen LogP contribution in [-0.4, -0.2) is 11.1 Å². The Hall–Kier alpha value is -1.51. The third-order valence-electron chi connectivity index (χ3n) is 3.99. The average Bonchev–Trinajstić information content (AvgIpc) is 2.39. The molecule has 0 bridgehead atoms. The van der Waals surface area contributed by atoms with Crippen LogP contribution < -0.4 is 5.32 Å². The minimum absolute atomic E-state index is 0.318. The zero-order valence-electron chi connectivity index (χ0n) is 11.2. The molecule has 104 valence electrons. The first-order valence-electron chi connectivity index (χ1n) is 6.97. The van der Waals surface area contributed by atoms with Crippen LogP contribution >= 0.6 is 11.6 Å². The van der Waals surface area contributed by atoms with Crippen molar-refractivity contribution in [3.05, 3.63) is 64.7 Å². The van der Waals surface area contributed by atoms with Crippen molar-refractivity contribution in [3.8, 4) is 5.75 Å². The van der Waals surface area contributed by atoms with Crippen molar-refractivity contribution in [2.24, 2.45) is 0 Å². The predicted molar refractivity (Wildman–Crippen MR) is 82.2 cm³/mol. The number of hydrogen-bond donors (Lipinski definition) is 2. The molecule has 0 atom stereocenters. The molecule has 1 aliphatic carbocycles. The summed E-state index contributed by atoms with van der Waals surface area (Å²) in [6.45, 7) is 0.854. The SMILES string of the molecule is Oc1ccc(CNC2CC(c3cccc(Cl)c3)C2)cc1. The molecule has 0 amide bonds. The third-order valence-corrected chi connectivity index (χ3v) is 4.22. The van der Waals surface area contributed by atoms with Crippen molar-refractivity contribution in [2.45, 2.75) is 31.3 Å². The summed E-state index contributed by atoms with van der Waals surface area (Å²) in [7, 11) is 0. The molecule has 2 N–H and O–H groups in total. The van der Waals surface area contributed by atoms with Crippen molar-refractivity contribution >= 4 is 11.6 Å². The van der Waals surface area contributed by atoms with Gasteiger partial charge < -0.3 is 10.4 Å². The van der Waals surface area contributed by atoms with Crippen LogP contribution in [-0.2, 0) is 6.54 Å². The molecule has 0 spiro atoms. The summed E-state index contributed by atoms with van der Waals surface area (Å²) < 4.78 is 0. The van der Waals surface area contributed by atoms with Crippen molar-refractivity contribution in [1.82, 2.24) is 5.32 Å². The van der Waals surface area contributed by atoms with Gasteiger partial charge in [-0.1, -0.05) is 35.9 Å². The fraction of sp³-hybridized carbons (Fsp3) is 0.294. The first kappa shape index (κ1) is 13.5. The highest BCUT2D eigenvalue weighted by Gasteiger charge is 2.29. The summed E-state index contributed by atoms with van der Waals surface area (Å²) in [6.07, 6.45) is 2.33. The molecule has 3 rings (SSSR count). The average molecular weight is 288 g/mol. The van der Waals surface area contributed by atoms with Gasteiger partial charge in [0, 0.05) is 17.6 Å². The van der Waals surface area contributed by atoms with Crippen LogP contribution in [0.1, 0.15) is 29.9 Å². The van der Waals surface area contributed by atoms with Crippen molar-refractivity contribution in [3.63, 3.8) is 0 Å². The third kappa shape index (κ3) is 3.14. The molecule has 0 heterocycles. The number of aromatic hydroxyl groups is 1. The second-order valence-corrected chi connectivity index (χ2v) is 5.90. The van der Waals surface area contributed by atoms with Gasteiger partial charge in [0.15, 0.2) is 0 Å². The molecule has 1 fully saturated rings. The second kappa shape index (κ2) is 5.86. The number of phenolic OH excluding ortho intramolecular Hbond substituents is 1. The maximum Gasteiger partial charge on any atom is 0.115 e. The van der Waals surface area contributed by atoms with E-state index in [0.717, 1.165) is 11.6 Å². The Morgan fingerprint density at radius 1 is 1.10 bits per heavy atom. The Morgan fingerprint density at radius 3 is 2.55 bits per heavy atom. The quantitative estimate of drug-likeness (QED) is 0.888. The van der Waals surface area contributed by atoms with Gasteiger partial charge >= 0.3 is 0 Å². The van der Waals surface area contributed by atoms with Crippen LogP contribution in [0.2, 0.25) is 5.02 Å². The topological polar surface area (TPSA) is 32.3 Å². The van der Waals surface area contributed by atoms with Crippen LogP contribution in [0.4, 0.5) is 0 Å². The minimum atomic E-state index is 0.318. The second-order valence-electron chi connectivity index (χ2n) is 5.47. The largest absolute Gasteiger partial charge is 0.508 e. The van der Waals surface area contributed by atoms with E-state index in [0.29, 0.717) is 17.7 Å². The maximum atomic E-state index is 9.24. The van der Waals surface area contributed by atoms with Crippen molar-refractivity contribution < 1.29 is 5.11 Å². The number of halogens is 1. The molecule has 1 aliphatic rings. The van der Waals surface area contributed by atoms with Gasteiger partial charge in [-0.15, -0.1) is 0 Å². The zero-order valence-corrected chi connectivity index (χ0v) is 12.0. The number of benzene rings is 2. The molecule has 2 aromatic carbocycles. The minimum Gasteiger partial charge on any atom is -0.508 e. The summed E-state index contributed by atoms with van der Waals surface area (Å²) in [5.74, 6) is 0.949. The van der Waals surface area contributed by atoms with Gasteiger partial charge in [-0.2, -0.15) is 0 Å². The Morgan fingerprint density at radius 2 is 1.85 bits per heavy atom. The molecule has 3 heteroatoms. The van der Waals surface area contributed by atoms with Crippen LogP contribution in [0.25, 0.3) is 0 Å². The van der Waals surface area contributed by atoms with Gasteiger partial charge in [0.2, 0.25) is 0 Å². The van der Waals surface area contributed by atoms with E-state index in [1.807, 2.05) is 24.3 Å². The molecule has 2 nitrogen and oxygen atoms in total. The number of hydrogen-bond acceptors (Lipinski definition) is 2.